The van der Waals surface area contributed by atoms with Crippen LogP contribution >= 0.6 is 0 Å². The van der Waals surface area contributed by atoms with E-state index in [1.807, 2.05) is 30.3 Å². The number of allylic oxidation sites excluding steroid dienone is 4. The summed E-state index contributed by atoms with van der Waals surface area (Å²) in [6.07, 6.45) is 10.6. The highest BCUT2D eigenvalue weighted by Gasteiger charge is 2.15. The molecule has 0 aromatic heterocycles. The first-order chi connectivity index (χ1) is 11.9. The second-order valence-corrected chi connectivity index (χ2v) is 6.53. The van der Waals surface area contributed by atoms with Gasteiger partial charge in [0.15, 0.2) is 6.61 Å². The predicted molar refractivity (Wildman–Crippen MR) is 105 cm³/mol. The van der Waals surface area contributed by atoms with Crippen LogP contribution in [0.4, 0.5) is 0 Å². The summed E-state index contributed by atoms with van der Waals surface area (Å²) in [4.78, 5) is 11.3. The van der Waals surface area contributed by atoms with Crippen molar-refractivity contribution >= 4 is 12.0 Å². The van der Waals surface area contributed by atoms with E-state index in [-0.39, 0.29) is 18.0 Å². The zero-order valence-corrected chi connectivity index (χ0v) is 15.9. The molecule has 1 aromatic rings. The normalized spacial score (nSPS) is 13.1. The van der Waals surface area contributed by atoms with Gasteiger partial charge >= 0.3 is 5.97 Å². The van der Waals surface area contributed by atoms with E-state index in [1.54, 1.807) is 6.92 Å². The third-order valence-corrected chi connectivity index (χ3v) is 3.90. The Kier molecular flexibility index (Phi) is 8.76. The molecule has 0 N–H and O–H groups in total. The van der Waals surface area contributed by atoms with Crippen molar-refractivity contribution in [1.29, 1.82) is 0 Å². The minimum absolute atomic E-state index is 0.0367. The van der Waals surface area contributed by atoms with E-state index in [9.17, 15) is 4.79 Å². The standard InChI is InChI=1S/C22H30O3/c1-6-22(5,15-8-9-18(3)4)16-14-19-10-12-20(13-11-19)25-17-21(23)24-7-2/h6,9-14,16H,1,7-8,15,17H2,2-5H3/b16-14+/t22-/m1/s1. The van der Waals surface area contributed by atoms with Gasteiger partial charge in [-0.25, -0.2) is 4.79 Å². The number of ether oxygens (including phenoxy) is 2. The van der Waals surface area contributed by atoms with Crippen LogP contribution < -0.4 is 4.74 Å². The molecule has 0 aliphatic heterocycles. The summed E-state index contributed by atoms with van der Waals surface area (Å²) in [5.41, 5.74) is 2.39. The van der Waals surface area contributed by atoms with Crippen molar-refractivity contribution in [2.45, 2.75) is 40.5 Å². The molecule has 0 bridgehead atoms. The topological polar surface area (TPSA) is 35.5 Å². The van der Waals surface area contributed by atoms with Gasteiger partial charge in [0.2, 0.25) is 0 Å². The number of carbonyl (C=O) groups excluding carboxylic acids is 1. The highest BCUT2D eigenvalue weighted by molar-refractivity contribution is 5.71. The van der Waals surface area contributed by atoms with Crippen LogP contribution in [0.1, 0.15) is 46.1 Å². The number of carbonyl (C=O) groups is 1. The van der Waals surface area contributed by atoms with E-state index in [0.717, 1.165) is 18.4 Å². The average Bonchev–Trinajstić information content (AvgIpc) is 2.59. The zero-order valence-electron chi connectivity index (χ0n) is 15.9. The molecule has 0 heterocycles. The molecule has 0 radical (unpaired) electrons. The van der Waals surface area contributed by atoms with Crippen molar-refractivity contribution in [3.63, 3.8) is 0 Å². The first-order valence-electron chi connectivity index (χ1n) is 8.73. The van der Waals surface area contributed by atoms with Gasteiger partial charge in [-0.2, -0.15) is 0 Å². The molecule has 1 aromatic carbocycles. The summed E-state index contributed by atoms with van der Waals surface area (Å²) in [7, 11) is 0. The highest BCUT2D eigenvalue weighted by Crippen LogP contribution is 2.28. The molecule has 0 aliphatic rings. The van der Waals surface area contributed by atoms with Crippen LogP contribution in [0.25, 0.3) is 6.08 Å². The zero-order chi connectivity index (χ0) is 18.7. The van der Waals surface area contributed by atoms with E-state index >= 15 is 0 Å². The summed E-state index contributed by atoms with van der Waals surface area (Å²) < 4.78 is 10.2. The van der Waals surface area contributed by atoms with Crippen molar-refractivity contribution in [3.05, 3.63) is 60.2 Å². The van der Waals surface area contributed by atoms with Gasteiger partial charge in [-0.1, -0.05) is 48.9 Å². The van der Waals surface area contributed by atoms with E-state index < -0.39 is 0 Å². The third kappa shape index (κ3) is 8.39. The maximum absolute atomic E-state index is 11.3. The fourth-order valence-corrected chi connectivity index (χ4v) is 2.23. The molecule has 0 saturated carbocycles. The van der Waals surface area contributed by atoms with Gasteiger partial charge in [0.1, 0.15) is 5.75 Å². The number of hydrogen-bond acceptors (Lipinski definition) is 3. The van der Waals surface area contributed by atoms with Gasteiger partial charge < -0.3 is 9.47 Å². The van der Waals surface area contributed by atoms with E-state index in [0.29, 0.717) is 12.4 Å². The lowest BCUT2D eigenvalue weighted by Gasteiger charge is -2.20. The lowest BCUT2D eigenvalue weighted by atomic mass is 9.84. The molecule has 25 heavy (non-hydrogen) atoms. The number of benzene rings is 1. The van der Waals surface area contributed by atoms with Crippen molar-refractivity contribution in [2.24, 2.45) is 5.41 Å². The second kappa shape index (κ2) is 10.5. The first kappa shape index (κ1) is 20.8. The van der Waals surface area contributed by atoms with Gasteiger partial charge in [-0.05, 0) is 51.3 Å². The van der Waals surface area contributed by atoms with Crippen LogP contribution in [0, 0.1) is 5.41 Å². The highest BCUT2D eigenvalue weighted by atomic mass is 16.6. The fraction of sp³-hybridized carbons (Fsp3) is 0.409. The lowest BCUT2D eigenvalue weighted by molar-refractivity contribution is -0.145. The van der Waals surface area contributed by atoms with E-state index in [4.69, 9.17) is 9.47 Å². The largest absolute Gasteiger partial charge is 0.482 e. The average molecular weight is 342 g/mol. The van der Waals surface area contributed by atoms with Crippen molar-refractivity contribution < 1.29 is 14.3 Å². The molecular formula is C22H30O3. The van der Waals surface area contributed by atoms with Gasteiger partial charge in [-0.15, -0.1) is 6.58 Å². The monoisotopic (exact) mass is 342 g/mol. The number of hydrogen-bond donors (Lipinski definition) is 0. The molecule has 0 spiro atoms. The Bertz CT molecular complexity index is 607. The van der Waals surface area contributed by atoms with Gasteiger partial charge in [-0.3, -0.25) is 0 Å². The molecular weight excluding hydrogens is 312 g/mol. The SMILES string of the molecule is C=C[C@@](C)(/C=C/c1ccc(OCC(=O)OCC)cc1)CCC=C(C)C. The second-order valence-electron chi connectivity index (χ2n) is 6.53. The smallest absolute Gasteiger partial charge is 0.344 e. The summed E-state index contributed by atoms with van der Waals surface area (Å²) in [6.45, 7) is 12.5. The number of esters is 1. The van der Waals surface area contributed by atoms with Gasteiger partial charge in [0.05, 0.1) is 6.61 Å². The minimum atomic E-state index is -0.357. The lowest BCUT2D eigenvalue weighted by Crippen LogP contribution is -2.14. The van der Waals surface area contributed by atoms with E-state index in [2.05, 4.69) is 45.6 Å². The first-order valence-corrected chi connectivity index (χ1v) is 8.73. The Morgan fingerprint density at radius 2 is 1.92 bits per heavy atom. The Labute approximate surface area is 152 Å². The number of rotatable bonds is 10. The summed E-state index contributed by atoms with van der Waals surface area (Å²) in [5.74, 6) is 0.296. The Hall–Kier alpha value is -2.29. The molecule has 3 heteroatoms. The van der Waals surface area contributed by atoms with E-state index in [1.165, 1.54) is 5.57 Å². The molecule has 1 atom stereocenters. The Morgan fingerprint density at radius 1 is 1.24 bits per heavy atom. The van der Waals surface area contributed by atoms with Crippen LogP contribution in [0.5, 0.6) is 5.75 Å². The van der Waals surface area contributed by atoms with Crippen LogP contribution in [0.2, 0.25) is 0 Å². The van der Waals surface area contributed by atoms with Crippen molar-refractivity contribution in [2.75, 3.05) is 13.2 Å². The summed E-state index contributed by atoms with van der Waals surface area (Å²) in [6, 6.07) is 7.65. The molecule has 3 nitrogen and oxygen atoms in total. The van der Waals surface area contributed by atoms with Crippen molar-refractivity contribution in [1.82, 2.24) is 0 Å². The summed E-state index contributed by atoms with van der Waals surface area (Å²) in [5, 5.41) is 0. The quantitative estimate of drug-likeness (QED) is 0.411. The minimum Gasteiger partial charge on any atom is -0.482 e. The molecule has 0 aliphatic carbocycles. The molecule has 0 amide bonds. The maximum Gasteiger partial charge on any atom is 0.344 e. The van der Waals surface area contributed by atoms with Crippen LogP contribution in [0.3, 0.4) is 0 Å². The molecule has 0 fully saturated rings. The summed E-state index contributed by atoms with van der Waals surface area (Å²) >= 11 is 0. The Morgan fingerprint density at radius 3 is 2.48 bits per heavy atom. The fourth-order valence-electron chi connectivity index (χ4n) is 2.23. The maximum atomic E-state index is 11.3. The third-order valence-electron chi connectivity index (χ3n) is 3.90. The van der Waals surface area contributed by atoms with Crippen LogP contribution in [-0.4, -0.2) is 19.2 Å². The van der Waals surface area contributed by atoms with Crippen LogP contribution in [-0.2, 0) is 9.53 Å². The van der Waals surface area contributed by atoms with Gasteiger partial charge in [0.25, 0.3) is 0 Å². The molecule has 0 saturated heterocycles. The van der Waals surface area contributed by atoms with Crippen molar-refractivity contribution in [3.8, 4) is 5.75 Å². The molecule has 136 valence electrons. The Balaban J connectivity index is 2.62. The predicted octanol–water partition coefficient (Wildman–Crippen LogP) is 5.58. The van der Waals surface area contributed by atoms with Gasteiger partial charge in [0, 0.05) is 5.41 Å². The molecule has 1 rings (SSSR count). The van der Waals surface area contributed by atoms with Crippen LogP contribution in [0.15, 0.2) is 54.6 Å². The molecule has 0 unspecified atom stereocenters.